The first-order valence-corrected chi connectivity index (χ1v) is 10.3. The first-order chi connectivity index (χ1) is 11.7. The number of rotatable bonds is 4. The van der Waals surface area contributed by atoms with Crippen molar-refractivity contribution in [2.75, 3.05) is 13.1 Å². The Balaban J connectivity index is 1.30. The van der Waals surface area contributed by atoms with Crippen LogP contribution in [-0.4, -0.2) is 52.2 Å². The Kier molecular flexibility index (Phi) is 4.88. The SMILES string of the molecule is O=C(NC1CCN(C2CCCCC2O)CC1)c1scnc1C1CC1. The zero-order valence-corrected chi connectivity index (χ0v) is 14.9. The summed E-state index contributed by atoms with van der Waals surface area (Å²) in [7, 11) is 0. The van der Waals surface area contributed by atoms with E-state index in [1.54, 1.807) is 5.51 Å². The second kappa shape index (κ2) is 7.10. The number of amides is 1. The lowest BCUT2D eigenvalue weighted by Crippen LogP contribution is -2.52. The molecule has 2 unspecified atom stereocenters. The number of aliphatic hydroxyl groups excluding tert-OH is 1. The third kappa shape index (κ3) is 3.51. The Hall–Kier alpha value is -0.980. The number of nitrogens with one attached hydrogen (secondary N) is 1. The fourth-order valence-electron chi connectivity index (χ4n) is 4.22. The third-order valence-corrected chi connectivity index (χ3v) is 6.63. The number of thiazole rings is 1. The normalized spacial score (nSPS) is 29.5. The van der Waals surface area contributed by atoms with Gasteiger partial charge in [0.15, 0.2) is 0 Å². The van der Waals surface area contributed by atoms with Crippen molar-refractivity contribution in [2.45, 2.75) is 75.5 Å². The molecule has 4 rings (SSSR count). The van der Waals surface area contributed by atoms with Gasteiger partial charge in [0.2, 0.25) is 0 Å². The van der Waals surface area contributed by atoms with Crippen LogP contribution in [0, 0.1) is 0 Å². The number of aliphatic hydroxyl groups is 1. The van der Waals surface area contributed by atoms with Crippen molar-refractivity contribution in [3.63, 3.8) is 0 Å². The van der Waals surface area contributed by atoms with Gasteiger partial charge in [-0.3, -0.25) is 9.69 Å². The second-order valence-electron chi connectivity index (χ2n) is 7.54. The molecule has 1 saturated heterocycles. The predicted molar refractivity (Wildman–Crippen MR) is 94.4 cm³/mol. The Morgan fingerprint density at radius 3 is 2.62 bits per heavy atom. The first-order valence-electron chi connectivity index (χ1n) is 9.38. The summed E-state index contributed by atoms with van der Waals surface area (Å²) in [5.74, 6) is 0.585. The fraction of sp³-hybridized carbons (Fsp3) is 0.778. The van der Waals surface area contributed by atoms with E-state index in [9.17, 15) is 9.90 Å². The van der Waals surface area contributed by atoms with E-state index in [4.69, 9.17) is 0 Å². The molecule has 132 valence electrons. The fourth-order valence-corrected chi connectivity index (χ4v) is 4.99. The maximum Gasteiger partial charge on any atom is 0.263 e. The highest BCUT2D eigenvalue weighted by atomic mass is 32.1. The van der Waals surface area contributed by atoms with E-state index in [2.05, 4.69) is 15.2 Å². The van der Waals surface area contributed by atoms with E-state index in [-0.39, 0.29) is 18.1 Å². The lowest BCUT2D eigenvalue weighted by Gasteiger charge is -2.41. The molecule has 3 fully saturated rings. The lowest BCUT2D eigenvalue weighted by molar-refractivity contribution is 0.00728. The molecule has 0 bridgehead atoms. The molecule has 0 spiro atoms. The summed E-state index contributed by atoms with van der Waals surface area (Å²) in [5, 5.41) is 13.5. The number of carbonyl (C=O) groups is 1. The topological polar surface area (TPSA) is 65.5 Å². The minimum absolute atomic E-state index is 0.0653. The van der Waals surface area contributed by atoms with Crippen LogP contribution in [0.1, 0.15) is 72.7 Å². The van der Waals surface area contributed by atoms with Crippen molar-refractivity contribution in [3.8, 4) is 0 Å². The Morgan fingerprint density at radius 1 is 1.17 bits per heavy atom. The predicted octanol–water partition coefficient (Wildman–Crippen LogP) is 2.52. The van der Waals surface area contributed by atoms with Gasteiger partial charge in [0, 0.05) is 31.1 Å². The Bertz CT molecular complexity index is 579. The monoisotopic (exact) mass is 349 g/mol. The number of likely N-dealkylation sites (tertiary alicyclic amines) is 1. The van der Waals surface area contributed by atoms with Gasteiger partial charge in [-0.25, -0.2) is 4.98 Å². The van der Waals surface area contributed by atoms with E-state index in [1.807, 2.05) is 0 Å². The van der Waals surface area contributed by atoms with Crippen LogP contribution in [0.5, 0.6) is 0 Å². The van der Waals surface area contributed by atoms with Gasteiger partial charge >= 0.3 is 0 Å². The molecule has 2 N–H and O–H groups in total. The van der Waals surface area contributed by atoms with Crippen LogP contribution >= 0.6 is 11.3 Å². The maximum absolute atomic E-state index is 12.6. The molecule has 1 aromatic rings. The number of carbonyl (C=O) groups excluding carboxylic acids is 1. The minimum atomic E-state index is -0.164. The van der Waals surface area contributed by atoms with Crippen LogP contribution in [0.15, 0.2) is 5.51 Å². The van der Waals surface area contributed by atoms with Gasteiger partial charge in [-0.15, -0.1) is 11.3 Å². The molecule has 2 saturated carbocycles. The van der Waals surface area contributed by atoms with E-state index < -0.39 is 0 Å². The zero-order chi connectivity index (χ0) is 16.5. The van der Waals surface area contributed by atoms with Crippen LogP contribution in [0.4, 0.5) is 0 Å². The molecule has 3 aliphatic rings. The van der Waals surface area contributed by atoms with Crippen LogP contribution in [-0.2, 0) is 0 Å². The summed E-state index contributed by atoms with van der Waals surface area (Å²) >= 11 is 1.47. The van der Waals surface area contributed by atoms with Gasteiger partial charge in [0.25, 0.3) is 5.91 Å². The minimum Gasteiger partial charge on any atom is -0.391 e. The molecule has 1 amide bonds. The molecule has 24 heavy (non-hydrogen) atoms. The molecule has 2 atom stereocenters. The molecule has 1 aromatic heterocycles. The largest absolute Gasteiger partial charge is 0.391 e. The highest BCUT2D eigenvalue weighted by Crippen LogP contribution is 2.41. The van der Waals surface area contributed by atoms with Gasteiger partial charge in [-0.1, -0.05) is 12.8 Å². The second-order valence-corrected chi connectivity index (χ2v) is 8.40. The number of nitrogens with zero attached hydrogens (tertiary/aromatic N) is 2. The maximum atomic E-state index is 12.6. The lowest BCUT2D eigenvalue weighted by atomic mass is 9.89. The molecule has 0 radical (unpaired) electrons. The standard InChI is InChI=1S/C18H27N3O2S/c22-15-4-2-1-3-14(15)21-9-7-13(8-10-21)20-18(23)17-16(12-5-6-12)19-11-24-17/h11-15,22H,1-10H2,(H,20,23). The summed E-state index contributed by atoms with van der Waals surface area (Å²) in [6, 6.07) is 0.585. The molecule has 5 nitrogen and oxygen atoms in total. The van der Waals surface area contributed by atoms with E-state index in [1.165, 1.54) is 30.6 Å². The van der Waals surface area contributed by atoms with Gasteiger partial charge in [-0.2, -0.15) is 0 Å². The summed E-state index contributed by atoms with van der Waals surface area (Å²) in [6.45, 7) is 1.95. The summed E-state index contributed by atoms with van der Waals surface area (Å²) < 4.78 is 0. The zero-order valence-electron chi connectivity index (χ0n) is 14.1. The van der Waals surface area contributed by atoms with Crippen LogP contribution in [0.2, 0.25) is 0 Å². The van der Waals surface area contributed by atoms with Crippen molar-refractivity contribution in [1.29, 1.82) is 0 Å². The molecular formula is C18H27N3O2S. The molecule has 0 aromatic carbocycles. The van der Waals surface area contributed by atoms with Crippen LogP contribution in [0.25, 0.3) is 0 Å². The van der Waals surface area contributed by atoms with E-state index in [0.29, 0.717) is 12.0 Å². The van der Waals surface area contributed by atoms with Crippen molar-refractivity contribution >= 4 is 17.2 Å². The number of hydrogen-bond acceptors (Lipinski definition) is 5. The number of piperidine rings is 1. The number of hydrogen-bond donors (Lipinski definition) is 2. The van der Waals surface area contributed by atoms with E-state index in [0.717, 1.165) is 55.8 Å². The Morgan fingerprint density at radius 2 is 1.92 bits per heavy atom. The summed E-state index contributed by atoms with van der Waals surface area (Å²) in [5.41, 5.74) is 2.82. The van der Waals surface area contributed by atoms with E-state index >= 15 is 0 Å². The van der Waals surface area contributed by atoms with Crippen molar-refractivity contribution in [1.82, 2.24) is 15.2 Å². The van der Waals surface area contributed by atoms with Crippen molar-refractivity contribution in [3.05, 3.63) is 16.1 Å². The van der Waals surface area contributed by atoms with Crippen molar-refractivity contribution < 1.29 is 9.90 Å². The average molecular weight is 350 g/mol. The highest BCUT2D eigenvalue weighted by Gasteiger charge is 2.33. The molecular weight excluding hydrogens is 322 g/mol. The molecule has 2 heterocycles. The summed E-state index contributed by atoms with van der Waals surface area (Å²) in [4.78, 5) is 20.2. The molecule has 6 heteroatoms. The highest BCUT2D eigenvalue weighted by molar-refractivity contribution is 7.11. The Labute approximate surface area is 147 Å². The van der Waals surface area contributed by atoms with Crippen molar-refractivity contribution in [2.24, 2.45) is 0 Å². The molecule has 1 aliphatic heterocycles. The summed E-state index contributed by atoms with van der Waals surface area (Å²) in [6.07, 6.45) is 8.58. The smallest absolute Gasteiger partial charge is 0.263 e. The van der Waals surface area contributed by atoms with Gasteiger partial charge in [0.1, 0.15) is 4.88 Å². The first kappa shape index (κ1) is 16.5. The quantitative estimate of drug-likeness (QED) is 0.877. The van der Waals surface area contributed by atoms with Crippen LogP contribution in [0.3, 0.4) is 0 Å². The van der Waals surface area contributed by atoms with Gasteiger partial charge in [-0.05, 0) is 38.5 Å². The molecule has 2 aliphatic carbocycles. The van der Waals surface area contributed by atoms with Gasteiger partial charge < -0.3 is 10.4 Å². The van der Waals surface area contributed by atoms with Crippen LogP contribution < -0.4 is 5.32 Å². The number of aromatic nitrogens is 1. The average Bonchev–Trinajstić information content (AvgIpc) is 3.32. The van der Waals surface area contributed by atoms with Gasteiger partial charge in [0.05, 0.1) is 17.3 Å². The third-order valence-electron chi connectivity index (χ3n) is 5.79.